The number of aromatic nitrogens is 3. The number of fused-ring (bicyclic) bond motifs is 2. The molecule has 0 fully saturated rings. The Morgan fingerprint density at radius 1 is 1.25 bits per heavy atom. The first-order valence-electron chi connectivity index (χ1n) is 10.5. The Morgan fingerprint density at radius 2 is 2.09 bits per heavy atom. The topological polar surface area (TPSA) is 126 Å². The molecule has 0 saturated heterocycles. The quantitative estimate of drug-likeness (QED) is 0.383. The number of rotatable bonds is 5. The van der Waals surface area contributed by atoms with Crippen molar-refractivity contribution in [2.24, 2.45) is 5.73 Å². The number of H-pyrrole nitrogens is 1. The molecule has 0 saturated carbocycles. The maximum absolute atomic E-state index is 11.9. The number of anilines is 1. The second-order valence-electron chi connectivity index (χ2n) is 7.87. The number of phenolic OH excluding ortho intramolecular Hbond substituents is 1. The predicted molar refractivity (Wildman–Crippen MR) is 122 cm³/mol. The molecule has 3 heterocycles. The summed E-state index contributed by atoms with van der Waals surface area (Å²) in [7, 11) is 0. The number of carbonyl (C=O) groups excluding carboxylic acids is 1. The van der Waals surface area contributed by atoms with Crippen LogP contribution in [0.25, 0.3) is 22.3 Å². The zero-order valence-corrected chi connectivity index (χ0v) is 17.6. The number of hydrogen-bond donors (Lipinski definition) is 4. The van der Waals surface area contributed by atoms with Gasteiger partial charge in [0.2, 0.25) is 5.88 Å². The third kappa shape index (κ3) is 3.49. The van der Waals surface area contributed by atoms with Gasteiger partial charge in [0.15, 0.2) is 5.82 Å². The van der Waals surface area contributed by atoms with Crippen molar-refractivity contribution in [3.63, 3.8) is 0 Å². The molecule has 8 heteroatoms. The van der Waals surface area contributed by atoms with Gasteiger partial charge in [-0.1, -0.05) is 24.3 Å². The van der Waals surface area contributed by atoms with Gasteiger partial charge in [0.1, 0.15) is 11.6 Å². The highest BCUT2D eigenvalue weighted by molar-refractivity contribution is 6.09. The molecule has 0 radical (unpaired) electrons. The number of primary amides is 1. The first kappa shape index (κ1) is 19.9. The van der Waals surface area contributed by atoms with Crippen molar-refractivity contribution in [3.05, 3.63) is 64.8 Å². The van der Waals surface area contributed by atoms with Crippen molar-refractivity contribution in [3.8, 4) is 23.0 Å². The monoisotopic (exact) mass is 429 g/mol. The lowest BCUT2D eigenvalue weighted by Gasteiger charge is -2.20. The van der Waals surface area contributed by atoms with Crippen molar-refractivity contribution in [1.82, 2.24) is 15.0 Å². The summed E-state index contributed by atoms with van der Waals surface area (Å²) in [6.45, 7) is 3.02. The van der Waals surface area contributed by atoms with Crippen LogP contribution in [0.2, 0.25) is 0 Å². The van der Waals surface area contributed by atoms with E-state index in [4.69, 9.17) is 20.4 Å². The Balaban J connectivity index is 1.61. The molecule has 0 aliphatic carbocycles. The number of benzene rings is 2. The SMILES string of the molecule is Cc1[nH]c2c(C(N)=O)cccc2c1-c1nc(NCc2cccc(O)c2)c2c(n1)OCCC2. The van der Waals surface area contributed by atoms with Crippen LogP contribution in [-0.4, -0.2) is 32.6 Å². The second-order valence-corrected chi connectivity index (χ2v) is 7.87. The molecule has 0 spiro atoms. The summed E-state index contributed by atoms with van der Waals surface area (Å²) in [6, 6.07) is 12.5. The number of carbonyl (C=O) groups is 1. The smallest absolute Gasteiger partial charge is 0.250 e. The van der Waals surface area contributed by atoms with Gasteiger partial charge in [-0.15, -0.1) is 0 Å². The van der Waals surface area contributed by atoms with Gasteiger partial charge < -0.3 is 25.9 Å². The number of aromatic amines is 1. The molecule has 0 bridgehead atoms. The number of nitrogens with one attached hydrogen (secondary N) is 2. The van der Waals surface area contributed by atoms with Crippen LogP contribution in [0.3, 0.4) is 0 Å². The Bertz CT molecular complexity index is 1350. The van der Waals surface area contributed by atoms with Crippen LogP contribution in [0.15, 0.2) is 42.5 Å². The predicted octanol–water partition coefficient (Wildman–Crippen LogP) is 3.67. The summed E-state index contributed by atoms with van der Waals surface area (Å²) >= 11 is 0. The van der Waals surface area contributed by atoms with Crippen LogP contribution >= 0.6 is 0 Å². The molecule has 5 N–H and O–H groups in total. The van der Waals surface area contributed by atoms with Gasteiger partial charge in [-0.25, -0.2) is 4.98 Å². The molecule has 5 rings (SSSR count). The van der Waals surface area contributed by atoms with Gasteiger partial charge >= 0.3 is 0 Å². The van der Waals surface area contributed by atoms with E-state index in [1.807, 2.05) is 25.1 Å². The minimum absolute atomic E-state index is 0.220. The lowest BCUT2D eigenvalue weighted by atomic mass is 10.1. The number of aromatic hydroxyl groups is 1. The van der Waals surface area contributed by atoms with E-state index in [0.29, 0.717) is 41.8 Å². The lowest BCUT2D eigenvalue weighted by Crippen LogP contribution is -2.15. The van der Waals surface area contributed by atoms with E-state index in [-0.39, 0.29) is 5.75 Å². The molecule has 32 heavy (non-hydrogen) atoms. The minimum Gasteiger partial charge on any atom is -0.508 e. The molecule has 1 aliphatic heterocycles. The number of hydrogen-bond acceptors (Lipinski definition) is 6. The zero-order valence-electron chi connectivity index (χ0n) is 17.6. The highest BCUT2D eigenvalue weighted by Crippen LogP contribution is 2.36. The van der Waals surface area contributed by atoms with Crippen molar-refractivity contribution in [1.29, 1.82) is 0 Å². The molecular weight excluding hydrogens is 406 g/mol. The van der Waals surface area contributed by atoms with E-state index in [1.54, 1.807) is 24.3 Å². The number of phenols is 1. The molecule has 2 aromatic heterocycles. The summed E-state index contributed by atoms with van der Waals surface area (Å²) in [5.74, 6) is 1.51. The second kappa shape index (κ2) is 7.88. The molecule has 0 atom stereocenters. The minimum atomic E-state index is -0.494. The highest BCUT2D eigenvalue weighted by Gasteiger charge is 2.23. The fraction of sp³-hybridized carbons (Fsp3) is 0.208. The van der Waals surface area contributed by atoms with Gasteiger partial charge in [0.25, 0.3) is 5.91 Å². The number of nitrogens with two attached hydrogens (primary N) is 1. The maximum Gasteiger partial charge on any atom is 0.250 e. The fourth-order valence-corrected chi connectivity index (χ4v) is 4.18. The van der Waals surface area contributed by atoms with Crippen LogP contribution in [0, 0.1) is 6.92 Å². The summed E-state index contributed by atoms with van der Waals surface area (Å²) in [5.41, 5.74) is 10.2. The van der Waals surface area contributed by atoms with Gasteiger partial charge in [0.05, 0.1) is 23.3 Å². The van der Waals surface area contributed by atoms with Crippen molar-refractivity contribution in [2.45, 2.75) is 26.3 Å². The molecule has 1 amide bonds. The number of ether oxygens (including phenoxy) is 1. The van der Waals surface area contributed by atoms with E-state index >= 15 is 0 Å². The molecule has 162 valence electrons. The maximum atomic E-state index is 11.9. The van der Waals surface area contributed by atoms with Gasteiger partial charge in [-0.2, -0.15) is 4.98 Å². The molecule has 1 aliphatic rings. The van der Waals surface area contributed by atoms with Crippen LogP contribution in [0.5, 0.6) is 11.6 Å². The van der Waals surface area contributed by atoms with E-state index in [0.717, 1.165) is 40.6 Å². The lowest BCUT2D eigenvalue weighted by molar-refractivity contribution is 0.100. The normalized spacial score (nSPS) is 12.9. The Morgan fingerprint density at radius 3 is 2.91 bits per heavy atom. The summed E-state index contributed by atoms with van der Waals surface area (Å²) in [4.78, 5) is 24.7. The molecular formula is C24H23N5O3. The number of nitrogens with zero attached hydrogens (tertiary/aromatic N) is 2. The van der Waals surface area contributed by atoms with Gasteiger partial charge in [0, 0.05) is 23.2 Å². The largest absolute Gasteiger partial charge is 0.508 e. The third-order valence-electron chi connectivity index (χ3n) is 5.66. The van der Waals surface area contributed by atoms with Crippen molar-refractivity contribution >= 4 is 22.6 Å². The van der Waals surface area contributed by atoms with Crippen molar-refractivity contribution < 1.29 is 14.6 Å². The summed E-state index contributed by atoms with van der Waals surface area (Å²) in [6.07, 6.45) is 1.71. The summed E-state index contributed by atoms with van der Waals surface area (Å²) in [5, 5.41) is 14.0. The van der Waals surface area contributed by atoms with Gasteiger partial charge in [-0.05, 0) is 43.5 Å². The summed E-state index contributed by atoms with van der Waals surface area (Å²) < 4.78 is 5.87. The average Bonchev–Trinajstić information content (AvgIpc) is 3.13. The van der Waals surface area contributed by atoms with Crippen LogP contribution < -0.4 is 15.8 Å². The highest BCUT2D eigenvalue weighted by atomic mass is 16.5. The Kier molecular flexibility index (Phi) is 4.89. The first-order valence-corrected chi connectivity index (χ1v) is 10.5. The first-order chi connectivity index (χ1) is 15.5. The van der Waals surface area contributed by atoms with Gasteiger partial charge in [-0.3, -0.25) is 4.79 Å². The Labute approximate surface area is 184 Å². The van der Waals surface area contributed by atoms with Crippen LogP contribution in [0.1, 0.15) is 33.6 Å². The fourth-order valence-electron chi connectivity index (χ4n) is 4.18. The standard InChI is InChI=1S/C24H23N5O3/c1-13-19(16-7-3-8-17(21(25)31)20(16)27-13)23-28-22(18-9-4-10-32-24(18)29-23)26-12-14-5-2-6-15(30)11-14/h2-3,5-8,11,27,30H,4,9-10,12H2,1H3,(H2,25,31)(H,26,28,29). The van der Waals surface area contributed by atoms with E-state index in [9.17, 15) is 9.90 Å². The zero-order chi connectivity index (χ0) is 22.2. The molecule has 4 aromatic rings. The number of aryl methyl sites for hydroxylation is 1. The molecule has 8 nitrogen and oxygen atoms in total. The van der Waals surface area contributed by atoms with Crippen LogP contribution in [-0.2, 0) is 13.0 Å². The van der Waals surface area contributed by atoms with Crippen LogP contribution in [0.4, 0.5) is 5.82 Å². The Hall–Kier alpha value is -4.07. The number of para-hydroxylation sites is 1. The molecule has 0 unspecified atom stereocenters. The van der Waals surface area contributed by atoms with E-state index in [1.165, 1.54) is 0 Å². The van der Waals surface area contributed by atoms with E-state index < -0.39 is 5.91 Å². The number of amides is 1. The average molecular weight is 429 g/mol. The van der Waals surface area contributed by atoms with E-state index in [2.05, 4.69) is 10.3 Å². The van der Waals surface area contributed by atoms with Crippen molar-refractivity contribution in [2.75, 3.05) is 11.9 Å². The molecule has 2 aromatic carbocycles. The third-order valence-corrected chi connectivity index (χ3v) is 5.66.